The highest BCUT2D eigenvalue weighted by Crippen LogP contribution is 2.24. The Morgan fingerprint density at radius 1 is 1.07 bits per heavy atom. The van der Waals surface area contributed by atoms with Crippen molar-refractivity contribution in [1.29, 1.82) is 0 Å². The van der Waals surface area contributed by atoms with E-state index < -0.39 is 6.04 Å². The fraction of sp³-hybridized carbons (Fsp3) is 0.364. The summed E-state index contributed by atoms with van der Waals surface area (Å²) in [5.74, 6) is -0.277. The summed E-state index contributed by atoms with van der Waals surface area (Å²) in [6, 6.07) is 12.4. The molecule has 0 aromatic heterocycles. The maximum Gasteiger partial charge on any atom is 0.242 e. The molecule has 0 aliphatic rings. The van der Waals surface area contributed by atoms with Crippen LogP contribution < -0.4 is 5.32 Å². The van der Waals surface area contributed by atoms with Crippen LogP contribution in [0.15, 0.2) is 42.5 Å². The van der Waals surface area contributed by atoms with Crippen LogP contribution in [0, 0.1) is 6.92 Å². The van der Waals surface area contributed by atoms with Gasteiger partial charge < -0.3 is 10.2 Å². The highest BCUT2D eigenvalue weighted by atomic mass is 35.5. The lowest BCUT2D eigenvalue weighted by molar-refractivity contribution is -0.140. The molecule has 0 aliphatic carbocycles. The van der Waals surface area contributed by atoms with E-state index in [4.69, 9.17) is 23.2 Å². The number of carbonyl (C=O) groups excluding carboxylic acids is 2. The molecule has 150 valence electrons. The van der Waals surface area contributed by atoms with Gasteiger partial charge in [0.05, 0.1) is 6.42 Å². The average Bonchev–Trinajstić information content (AvgIpc) is 2.65. The van der Waals surface area contributed by atoms with Crippen molar-refractivity contribution in [3.8, 4) is 0 Å². The second-order valence-corrected chi connectivity index (χ2v) is 7.58. The Hall–Kier alpha value is -2.04. The van der Waals surface area contributed by atoms with E-state index in [2.05, 4.69) is 5.32 Å². The van der Waals surface area contributed by atoms with Crippen molar-refractivity contribution in [3.63, 3.8) is 0 Å². The number of amides is 2. The van der Waals surface area contributed by atoms with Gasteiger partial charge in [0.15, 0.2) is 0 Å². The minimum absolute atomic E-state index is 0.118. The Kier molecular flexibility index (Phi) is 8.34. The molecule has 0 spiro atoms. The molecule has 0 unspecified atom stereocenters. The largest absolute Gasteiger partial charge is 0.355 e. The molecule has 2 amide bonds. The van der Waals surface area contributed by atoms with Crippen molar-refractivity contribution >= 4 is 35.0 Å². The molecular formula is C22H26Cl2N2O2. The van der Waals surface area contributed by atoms with E-state index in [-0.39, 0.29) is 24.8 Å². The zero-order valence-corrected chi connectivity index (χ0v) is 18.0. The average molecular weight is 421 g/mol. The zero-order valence-electron chi connectivity index (χ0n) is 16.5. The molecule has 0 aliphatic heterocycles. The first-order valence-electron chi connectivity index (χ1n) is 9.42. The number of nitrogens with one attached hydrogen (secondary N) is 1. The minimum Gasteiger partial charge on any atom is -0.355 e. The van der Waals surface area contributed by atoms with Crippen LogP contribution in [0.1, 0.15) is 37.0 Å². The summed E-state index contributed by atoms with van der Waals surface area (Å²) in [5, 5.41) is 3.83. The third kappa shape index (κ3) is 5.98. The lowest BCUT2D eigenvalue weighted by atomic mass is 10.1. The quantitative estimate of drug-likeness (QED) is 0.667. The first kappa shape index (κ1) is 22.3. The lowest BCUT2D eigenvalue weighted by Crippen LogP contribution is -2.49. The molecule has 4 nitrogen and oxygen atoms in total. The van der Waals surface area contributed by atoms with Gasteiger partial charge in [-0.2, -0.15) is 0 Å². The van der Waals surface area contributed by atoms with Crippen LogP contribution in [0.3, 0.4) is 0 Å². The molecule has 2 aromatic rings. The van der Waals surface area contributed by atoms with Gasteiger partial charge in [-0.25, -0.2) is 0 Å². The molecule has 0 bridgehead atoms. The van der Waals surface area contributed by atoms with Gasteiger partial charge in [0.1, 0.15) is 6.04 Å². The number of hydrogen-bond donors (Lipinski definition) is 1. The molecule has 28 heavy (non-hydrogen) atoms. The van der Waals surface area contributed by atoms with Gasteiger partial charge in [-0.15, -0.1) is 0 Å². The Morgan fingerprint density at radius 3 is 2.32 bits per heavy atom. The third-order valence-electron chi connectivity index (χ3n) is 4.57. The predicted molar refractivity (Wildman–Crippen MR) is 115 cm³/mol. The zero-order chi connectivity index (χ0) is 20.7. The molecule has 0 saturated carbocycles. The number of hydrogen-bond acceptors (Lipinski definition) is 2. The smallest absolute Gasteiger partial charge is 0.242 e. The standard InChI is InChI=1S/C22H26Cl2N2O2/c1-4-20(22(28)25-5-2)26(14-17-10-11-18(23)13-19(17)24)21(27)12-16-8-6-15(3)7-9-16/h6-11,13,20H,4-5,12,14H2,1-3H3,(H,25,28)/t20-/m1/s1. The van der Waals surface area contributed by atoms with Crippen LogP contribution in [-0.2, 0) is 22.6 Å². The van der Waals surface area contributed by atoms with Gasteiger partial charge in [-0.05, 0) is 43.5 Å². The van der Waals surface area contributed by atoms with E-state index in [1.165, 1.54) is 0 Å². The highest BCUT2D eigenvalue weighted by Gasteiger charge is 2.28. The van der Waals surface area contributed by atoms with Crippen molar-refractivity contribution in [2.24, 2.45) is 0 Å². The molecule has 1 atom stereocenters. The van der Waals surface area contributed by atoms with Gasteiger partial charge >= 0.3 is 0 Å². The Bertz CT molecular complexity index is 822. The maximum atomic E-state index is 13.2. The van der Waals surface area contributed by atoms with Crippen molar-refractivity contribution in [3.05, 3.63) is 69.2 Å². The topological polar surface area (TPSA) is 49.4 Å². The Balaban J connectivity index is 2.31. The van der Waals surface area contributed by atoms with E-state index in [1.54, 1.807) is 23.1 Å². The van der Waals surface area contributed by atoms with E-state index in [9.17, 15) is 9.59 Å². The number of carbonyl (C=O) groups is 2. The normalized spacial score (nSPS) is 11.8. The van der Waals surface area contributed by atoms with Gasteiger partial charge in [-0.1, -0.05) is 66.0 Å². The summed E-state index contributed by atoms with van der Waals surface area (Å²) in [5.41, 5.74) is 2.80. The molecule has 2 rings (SSSR count). The molecule has 6 heteroatoms. The first-order valence-corrected chi connectivity index (χ1v) is 10.2. The summed E-state index contributed by atoms with van der Waals surface area (Å²) >= 11 is 12.3. The van der Waals surface area contributed by atoms with Crippen molar-refractivity contribution in [2.45, 2.75) is 46.2 Å². The Morgan fingerprint density at radius 2 is 1.75 bits per heavy atom. The monoisotopic (exact) mass is 420 g/mol. The van der Waals surface area contributed by atoms with Gasteiger partial charge in [-0.3, -0.25) is 9.59 Å². The summed E-state index contributed by atoms with van der Waals surface area (Å²) < 4.78 is 0. The number of nitrogens with zero attached hydrogens (tertiary/aromatic N) is 1. The van der Waals surface area contributed by atoms with Gasteiger partial charge in [0.2, 0.25) is 11.8 Å². The van der Waals surface area contributed by atoms with Crippen LogP contribution in [0.2, 0.25) is 10.0 Å². The number of likely N-dealkylation sites (N-methyl/N-ethyl adjacent to an activating group) is 1. The van der Waals surface area contributed by atoms with Crippen molar-refractivity contribution in [1.82, 2.24) is 10.2 Å². The van der Waals surface area contributed by atoms with Crippen LogP contribution in [0.4, 0.5) is 0 Å². The lowest BCUT2D eigenvalue weighted by Gasteiger charge is -2.31. The van der Waals surface area contributed by atoms with E-state index in [0.717, 1.165) is 16.7 Å². The van der Waals surface area contributed by atoms with Crippen molar-refractivity contribution in [2.75, 3.05) is 6.54 Å². The van der Waals surface area contributed by atoms with E-state index in [0.29, 0.717) is 23.0 Å². The fourth-order valence-corrected chi connectivity index (χ4v) is 3.50. The number of rotatable bonds is 8. The highest BCUT2D eigenvalue weighted by molar-refractivity contribution is 6.35. The number of benzene rings is 2. The minimum atomic E-state index is -0.565. The molecular weight excluding hydrogens is 395 g/mol. The number of aryl methyl sites for hydroxylation is 1. The second-order valence-electron chi connectivity index (χ2n) is 6.74. The molecule has 1 N–H and O–H groups in total. The Labute approximate surface area is 176 Å². The predicted octanol–water partition coefficient (Wildman–Crippen LogP) is 4.79. The second kappa shape index (κ2) is 10.5. The van der Waals surface area contributed by atoms with E-state index in [1.807, 2.05) is 45.0 Å². The summed E-state index contributed by atoms with van der Waals surface area (Å²) in [6.07, 6.45) is 0.734. The van der Waals surface area contributed by atoms with Crippen LogP contribution in [-0.4, -0.2) is 29.3 Å². The van der Waals surface area contributed by atoms with Crippen LogP contribution in [0.25, 0.3) is 0 Å². The van der Waals surface area contributed by atoms with Crippen molar-refractivity contribution < 1.29 is 9.59 Å². The first-order chi connectivity index (χ1) is 13.3. The van der Waals surface area contributed by atoms with Crippen LogP contribution in [0.5, 0.6) is 0 Å². The SMILES string of the molecule is CCNC(=O)[C@@H](CC)N(Cc1ccc(Cl)cc1Cl)C(=O)Cc1ccc(C)cc1. The molecule has 0 fully saturated rings. The molecule has 2 aromatic carbocycles. The maximum absolute atomic E-state index is 13.2. The third-order valence-corrected chi connectivity index (χ3v) is 5.16. The van der Waals surface area contributed by atoms with E-state index >= 15 is 0 Å². The van der Waals surface area contributed by atoms with Gasteiger partial charge in [0, 0.05) is 23.1 Å². The summed E-state index contributed by atoms with van der Waals surface area (Å²) in [6.45, 7) is 6.52. The summed E-state index contributed by atoms with van der Waals surface area (Å²) in [7, 11) is 0. The molecule has 0 heterocycles. The fourth-order valence-electron chi connectivity index (χ4n) is 3.03. The van der Waals surface area contributed by atoms with Gasteiger partial charge in [0.25, 0.3) is 0 Å². The molecule has 0 radical (unpaired) electrons. The number of halogens is 2. The van der Waals surface area contributed by atoms with Crippen LogP contribution >= 0.6 is 23.2 Å². The summed E-state index contributed by atoms with van der Waals surface area (Å²) in [4.78, 5) is 27.4. The molecule has 0 saturated heterocycles.